The van der Waals surface area contributed by atoms with Crippen molar-refractivity contribution in [2.24, 2.45) is 0 Å². The molecule has 0 aromatic rings. The minimum absolute atomic E-state index is 0.162. The molecule has 2 N–H and O–H groups in total. The second-order valence-electron chi connectivity index (χ2n) is 6.95. The molecule has 124 valence electrons. The molecule has 0 saturated carbocycles. The highest BCUT2D eigenvalue weighted by Crippen LogP contribution is 2.12. The number of rotatable bonds is 7. The number of nitrogens with zero attached hydrogens (tertiary/aromatic N) is 3. The van der Waals surface area contributed by atoms with Gasteiger partial charge >= 0.3 is 0 Å². The Hall–Kier alpha value is -0.690. The highest BCUT2D eigenvalue weighted by Gasteiger charge is 2.25. The maximum atomic E-state index is 11.7. The van der Waals surface area contributed by atoms with Gasteiger partial charge < -0.3 is 20.2 Å². The van der Waals surface area contributed by atoms with Crippen LogP contribution in [0.15, 0.2) is 0 Å². The van der Waals surface area contributed by atoms with E-state index in [-0.39, 0.29) is 5.91 Å². The fourth-order valence-electron chi connectivity index (χ4n) is 2.73. The van der Waals surface area contributed by atoms with Gasteiger partial charge in [-0.3, -0.25) is 9.69 Å². The van der Waals surface area contributed by atoms with E-state index in [1.165, 1.54) is 0 Å². The van der Waals surface area contributed by atoms with E-state index in [2.05, 4.69) is 10.2 Å². The van der Waals surface area contributed by atoms with Crippen LogP contribution in [0.3, 0.4) is 0 Å². The van der Waals surface area contributed by atoms with Crippen LogP contribution in [0.5, 0.6) is 0 Å². The van der Waals surface area contributed by atoms with Gasteiger partial charge in [0.1, 0.15) is 0 Å². The molecule has 1 atom stereocenters. The molecule has 1 rings (SSSR count). The van der Waals surface area contributed by atoms with Crippen LogP contribution in [0.4, 0.5) is 0 Å². The van der Waals surface area contributed by atoms with Gasteiger partial charge in [-0.1, -0.05) is 0 Å². The highest BCUT2D eigenvalue weighted by atomic mass is 16.3. The largest absolute Gasteiger partial charge is 0.388 e. The minimum Gasteiger partial charge on any atom is -0.388 e. The molecule has 6 nitrogen and oxygen atoms in total. The normalized spacial score (nSPS) is 20.5. The molecule has 1 aliphatic heterocycles. The maximum absolute atomic E-state index is 11.7. The predicted molar refractivity (Wildman–Crippen MR) is 85.3 cm³/mol. The molecular formula is C15H32N4O2. The van der Waals surface area contributed by atoms with Crippen molar-refractivity contribution in [2.75, 3.05) is 60.9 Å². The maximum Gasteiger partial charge on any atom is 0.236 e. The quantitative estimate of drug-likeness (QED) is 0.660. The zero-order valence-electron chi connectivity index (χ0n) is 14.2. The molecule has 1 heterocycles. The molecule has 0 radical (unpaired) electrons. The van der Waals surface area contributed by atoms with Crippen molar-refractivity contribution in [3.8, 4) is 0 Å². The Morgan fingerprint density at radius 2 is 1.86 bits per heavy atom. The van der Waals surface area contributed by atoms with E-state index in [4.69, 9.17) is 0 Å². The van der Waals surface area contributed by atoms with E-state index in [0.717, 1.165) is 25.9 Å². The average molecular weight is 300 g/mol. The Morgan fingerprint density at radius 1 is 1.29 bits per heavy atom. The van der Waals surface area contributed by atoms with E-state index >= 15 is 0 Å². The molecule has 21 heavy (non-hydrogen) atoms. The number of aliphatic hydroxyl groups is 1. The van der Waals surface area contributed by atoms with Crippen molar-refractivity contribution in [1.29, 1.82) is 0 Å². The molecule has 1 fully saturated rings. The van der Waals surface area contributed by atoms with Crippen LogP contribution in [0.2, 0.25) is 0 Å². The van der Waals surface area contributed by atoms with E-state index in [1.54, 1.807) is 19.0 Å². The van der Waals surface area contributed by atoms with Crippen molar-refractivity contribution in [2.45, 2.75) is 31.4 Å². The van der Waals surface area contributed by atoms with Gasteiger partial charge in [0.2, 0.25) is 5.91 Å². The van der Waals surface area contributed by atoms with Crippen LogP contribution in [0.25, 0.3) is 0 Å². The first-order chi connectivity index (χ1) is 9.69. The molecule has 0 spiro atoms. The Bertz CT molecular complexity index is 324. The smallest absolute Gasteiger partial charge is 0.236 e. The summed E-state index contributed by atoms with van der Waals surface area (Å²) in [7, 11) is 7.52. The van der Waals surface area contributed by atoms with Crippen molar-refractivity contribution in [3.05, 3.63) is 0 Å². The summed E-state index contributed by atoms with van der Waals surface area (Å²) in [5.41, 5.74) is -0.707. The average Bonchev–Trinajstić information content (AvgIpc) is 2.36. The summed E-state index contributed by atoms with van der Waals surface area (Å²) in [4.78, 5) is 17.5. The Morgan fingerprint density at radius 3 is 2.33 bits per heavy atom. The second kappa shape index (κ2) is 8.08. The summed E-state index contributed by atoms with van der Waals surface area (Å²) < 4.78 is 0. The van der Waals surface area contributed by atoms with Crippen LogP contribution >= 0.6 is 0 Å². The molecule has 6 heteroatoms. The Kier molecular flexibility index (Phi) is 7.06. The van der Waals surface area contributed by atoms with E-state index in [9.17, 15) is 9.90 Å². The van der Waals surface area contributed by atoms with Crippen LogP contribution in [0.1, 0.15) is 19.8 Å². The number of nitrogens with one attached hydrogen (secondary N) is 1. The number of hydrogen-bond donors (Lipinski definition) is 2. The van der Waals surface area contributed by atoms with Crippen molar-refractivity contribution in [1.82, 2.24) is 20.0 Å². The number of carbonyl (C=O) groups is 1. The summed E-state index contributed by atoms with van der Waals surface area (Å²) >= 11 is 0. The number of hydrogen-bond acceptors (Lipinski definition) is 5. The number of piperidine rings is 1. The van der Waals surface area contributed by atoms with Gasteiger partial charge in [-0.05, 0) is 33.9 Å². The van der Waals surface area contributed by atoms with Crippen LogP contribution < -0.4 is 5.32 Å². The first-order valence-electron chi connectivity index (χ1n) is 7.72. The molecule has 0 bridgehead atoms. The molecular weight excluding hydrogens is 268 g/mol. The van der Waals surface area contributed by atoms with Crippen molar-refractivity contribution in [3.63, 3.8) is 0 Å². The number of likely N-dealkylation sites (tertiary alicyclic amines) is 1. The standard InChI is InChI=1S/C15H32N4O2/c1-15(21,12-17(2)3)11-16-13-6-8-19(9-7-13)10-14(20)18(4)5/h13,16,21H,6-12H2,1-5H3. The monoisotopic (exact) mass is 300 g/mol. The summed E-state index contributed by atoms with van der Waals surface area (Å²) in [5.74, 6) is 0.162. The summed E-state index contributed by atoms with van der Waals surface area (Å²) in [6, 6.07) is 0.435. The summed E-state index contributed by atoms with van der Waals surface area (Å²) in [5, 5.41) is 13.7. The fourth-order valence-corrected chi connectivity index (χ4v) is 2.73. The third-order valence-electron chi connectivity index (χ3n) is 3.87. The number of likely N-dealkylation sites (N-methyl/N-ethyl adjacent to an activating group) is 2. The van der Waals surface area contributed by atoms with Gasteiger partial charge in [-0.2, -0.15) is 0 Å². The summed E-state index contributed by atoms with van der Waals surface area (Å²) in [6.45, 7) is 5.51. The van der Waals surface area contributed by atoms with E-state index in [1.807, 2.05) is 25.9 Å². The molecule has 0 aromatic carbocycles. The van der Waals surface area contributed by atoms with Gasteiger partial charge in [0.05, 0.1) is 12.1 Å². The number of carbonyl (C=O) groups excluding carboxylic acids is 1. The topological polar surface area (TPSA) is 59.1 Å². The third kappa shape index (κ3) is 7.22. The Balaban J connectivity index is 2.26. The molecule has 1 amide bonds. The minimum atomic E-state index is -0.707. The lowest BCUT2D eigenvalue weighted by molar-refractivity contribution is -0.130. The lowest BCUT2D eigenvalue weighted by Gasteiger charge is -2.35. The van der Waals surface area contributed by atoms with Gasteiger partial charge in [0.15, 0.2) is 0 Å². The first kappa shape index (κ1) is 18.4. The molecule has 0 aliphatic carbocycles. The second-order valence-corrected chi connectivity index (χ2v) is 6.95. The predicted octanol–water partition coefficient (Wildman–Crippen LogP) is -0.559. The third-order valence-corrected chi connectivity index (χ3v) is 3.87. The van der Waals surface area contributed by atoms with Crippen LogP contribution in [-0.2, 0) is 4.79 Å². The highest BCUT2D eigenvalue weighted by molar-refractivity contribution is 5.77. The van der Waals surface area contributed by atoms with Gasteiger partial charge in [-0.25, -0.2) is 0 Å². The molecule has 0 aromatic heterocycles. The SMILES string of the molecule is CN(C)CC(C)(O)CNC1CCN(CC(=O)N(C)C)CC1. The zero-order valence-corrected chi connectivity index (χ0v) is 14.2. The summed E-state index contributed by atoms with van der Waals surface area (Å²) in [6.07, 6.45) is 2.05. The fraction of sp³-hybridized carbons (Fsp3) is 0.933. The van der Waals surface area contributed by atoms with Crippen LogP contribution in [0, 0.1) is 0 Å². The lowest BCUT2D eigenvalue weighted by Crippen LogP contribution is -2.51. The van der Waals surface area contributed by atoms with Crippen molar-refractivity contribution >= 4 is 5.91 Å². The lowest BCUT2D eigenvalue weighted by atomic mass is 10.0. The molecule has 1 unspecified atom stereocenters. The zero-order chi connectivity index (χ0) is 16.0. The van der Waals surface area contributed by atoms with E-state index in [0.29, 0.717) is 25.7 Å². The van der Waals surface area contributed by atoms with Gasteiger partial charge in [-0.15, -0.1) is 0 Å². The molecule has 1 saturated heterocycles. The first-order valence-corrected chi connectivity index (χ1v) is 7.72. The van der Waals surface area contributed by atoms with E-state index < -0.39 is 5.60 Å². The van der Waals surface area contributed by atoms with Crippen molar-refractivity contribution < 1.29 is 9.90 Å². The number of amides is 1. The molecule has 1 aliphatic rings. The van der Waals surface area contributed by atoms with Gasteiger partial charge in [0, 0.05) is 46.3 Å². The van der Waals surface area contributed by atoms with Crippen LogP contribution in [-0.4, -0.2) is 98.3 Å². The Labute approximate surface area is 129 Å². The van der Waals surface area contributed by atoms with Gasteiger partial charge in [0.25, 0.3) is 0 Å².